The van der Waals surface area contributed by atoms with E-state index in [-0.39, 0.29) is 42.2 Å². The summed E-state index contributed by atoms with van der Waals surface area (Å²) in [6.45, 7) is 0.489. The van der Waals surface area contributed by atoms with Crippen molar-refractivity contribution in [1.29, 1.82) is 0 Å². The molecule has 26 heavy (non-hydrogen) atoms. The lowest BCUT2D eigenvalue weighted by Crippen LogP contribution is -2.42. The molecule has 0 bridgehead atoms. The highest BCUT2D eigenvalue weighted by Crippen LogP contribution is 2.09. The topological polar surface area (TPSA) is 56.7 Å². The summed E-state index contributed by atoms with van der Waals surface area (Å²) in [5.41, 5.74) is 1.30. The SMILES string of the molecule is CN=C(NCC(=O)Nc1cccc(F)c1)N(C)Cc1ccc(F)cc1.I. The molecule has 0 unspecified atom stereocenters. The highest BCUT2D eigenvalue weighted by atomic mass is 127. The first-order valence-electron chi connectivity index (χ1n) is 7.69. The van der Waals surface area contributed by atoms with Gasteiger partial charge in [0.1, 0.15) is 11.6 Å². The number of guanidine groups is 1. The minimum atomic E-state index is -0.416. The van der Waals surface area contributed by atoms with Gasteiger partial charge in [0.05, 0.1) is 6.54 Å². The summed E-state index contributed by atoms with van der Waals surface area (Å²) in [6.07, 6.45) is 0. The molecule has 0 aliphatic carbocycles. The number of amides is 1. The van der Waals surface area contributed by atoms with Gasteiger partial charge in [-0.05, 0) is 35.9 Å². The van der Waals surface area contributed by atoms with Crippen molar-refractivity contribution in [1.82, 2.24) is 10.2 Å². The molecule has 0 heterocycles. The van der Waals surface area contributed by atoms with E-state index < -0.39 is 5.82 Å². The van der Waals surface area contributed by atoms with E-state index in [4.69, 9.17) is 0 Å². The Bertz CT molecular complexity index is 753. The van der Waals surface area contributed by atoms with Gasteiger partial charge in [0, 0.05) is 26.3 Å². The van der Waals surface area contributed by atoms with Gasteiger partial charge < -0.3 is 15.5 Å². The van der Waals surface area contributed by atoms with E-state index in [1.807, 2.05) is 11.9 Å². The predicted octanol–water partition coefficient (Wildman–Crippen LogP) is 3.23. The van der Waals surface area contributed by atoms with Crippen LogP contribution in [0.4, 0.5) is 14.5 Å². The van der Waals surface area contributed by atoms with Crippen LogP contribution >= 0.6 is 24.0 Å². The van der Waals surface area contributed by atoms with Crippen molar-refractivity contribution in [2.24, 2.45) is 4.99 Å². The van der Waals surface area contributed by atoms with Crippen LogP contribution in [-0.4, -0.2) is 37.4 Å². The molecule has 0 fully saturated rings. The number of hydrogen-bond acceptors (Lipinski definition) is 2. The fourth-order valence-corrected chi connectivity index (χ4v) is 2.25. The third kappa shape index (κ3) is 6.95. The van der Waals surface area contributed by atoms with E-state index in [1.165, 1.54) is 30.3 Å². The second kappa shape index (κ2) is 10.7. The smallest absolute Gasteiger partial charge is 0.243 e. The first kappa shape index (κ1) is 21.8. The van der Waals surface area contributed by atoms with Gasteiger partial charge in [0.15, 0.2) is 5.96 Å². The summed E-state index contributed by atoms with van der Waals surface area (Å²) in [7, 11) is 3.41. The van der Waals surface area contributed by atoms with Crippen molar-refractivity contribution in [3.63, 3.8) is 0 Å². The molecule has 0 aliphatic heterocycles. The number of benzene rings is 2. The summed E-state index contributed by atoms with van der Waals surface area (Å²) in [4.78, 5) is 17.9. The van der Waals surface area contributed by atoms with Gasteiger partial charge in [-0.3, -0.25) is 9.79 Å². The Labute approximate surface area is 168 Å². The van der Waals surface area contributed by atoms with Gasteiger partial charge in [-0.25, -0.2) is 8.78 Å². The van der Waals surface area contributed by atoms with Crippen molar-refractivity contribution >= 4 is 41.5 Å². The molecule has 0 radical (unpaired) electrons. The van der Waals surface area contributed by atoms with Gasteiger partial charge in [0.25, 0.3) is 0 Å². The van der Waals surface area contributed by atoms with Gasteiger partial charge >= 0.3 is 0 Å². The van der Waals surface area contributed by atoms with Crippen LogP contribution in [0.1, 0.15) is 5.56 Å². The number of hydrogen-bond donors (Lipinski definition) is 2. The fraction of sp³-hybridized carbons (Fsp3) is 0.222. The molecular formula is C18H21F2IN4O. The molecule has 8 heteroatoms. The zero-order chi connectivity index (χ0) is 18.2. The second-order valence-electron chi connectivity index (χ2n) is 5.44. The van der Waals surface area contributed by atoms with E-state index in [1.54, 1.807) is 25.2 Å². The average molecular weight is 474 g/mol. The molecule has 1 amide bonds. The van der Waals surface area contributed by atoms with Gasteiger partial charge in [-0.1, -0.05) is 18.2 Å². The normalized spacial score (nSPS) is 10.7. The highest BCUT2D eigenvalue weighted by Gasteiger charge is 2.09. The molecule has 0 aromatic heterocycles. The Morgan fingerprint density at radius 3 is 2.42 bits per heavy atom. The molecule has 2 aromatic rings. The maximum absolute atomic E-state index is 13.1. The quantitative estimate of drug-likeness (QED) is 0.398. The third-order valence-electron chi connectivity index (χ3n) is 3.42. The molecular weight excluding hydrogens is 453 g/mol. The van der Waals surface area contributed by atoms with E-state index in [9.17, 15) is 13.6 Å². The van der Waals surface area contributed by atoms with E-state index in [2.05, 4.69) is 15.6 Å². The number of nitrogens with zero attached hydrogens (tertiary/aromatic N) is 2. The average Bonchev–Trinajstić information content (AvgIpc) is 2.57. The Morgan fingerprint density at radius 1 is 1.12 bits per heavy atom. The number of rotatable bonds is 5. The van der Waals surface area contributed by atoms with Crippen LogP contribution in [-0.2, 0) is 11.3 Å². The Morgan fingerprint density at radius 2 is 1.81 bits per heavy atom. The van der Waals surface area contributed by atoms with Crippen LogP contribution in [0.25, 0.3) is 0 Å². The van der Waals surface area contributed by atoms with Gasteiger partial charge in [-0.2, -0.15) is 0 Å². The molecule has 0 saturated heterocycles. The zero-order valence-corrected chi connectivity index (χ0v) is 16.8. The van der Waals surface area contributed by atoms with Crippen molar-refractivity contribution in [3.05, 3.63) is 65.7 Å². The van der Waals surface area contributed by atoms with Crippen LogP contribution in [0.2, 0.25) is 0 Å². The molecule has 5 nitrogen and oxygen atoms in total. The van der Waals surface area contributed by atoms with E-state index in [0.29, 0.717) is 18.2 Å². The molecule has 0 atom stereocenters. The zero-order valence-electron chi connectivity index (χ0n) is 14.5. The van der Waals surface area contributed by atoms with Crippen LogP contribution in [0.3, 0.4) is 0 Å². The lowest BCUT2D eigenvalue weighted by Gasteiger charge is -2.22. The van der Waals surface area contributed by atoms with Crippen molar-refractivity contribution in [2.75, 3.05) is 26.0 Å². The molecule has 140 valence electrons. The van der Waals surface area contributed by atoms with Gasteiger partial charge in [-0.15, -0.1) is 24.0 Å². The number of halogens is 3. The maximum Gasteiger partial charge on any atom is 0.243 e. The van der Waals surface area contributed by atoms with E-state index >= 15 is 0 Å². The van der Waals surface area contributed by atoms with E-state index in [0.717, 1.165) is 5.56 Å². The first-order chi connectivity index (χ1) is 12.0. The number of anilines is 1. The Hall–Kier alpha value is -2.23. The number of carbonyl (C=O) groups is 1. The summed E-state index contributed by atoms with van der Waals surface area (Å²) < 4.78 is 26.1. The summed E-state index contributed by atoms with van der Waals surface area (Å²) >= 11 is 0. The third-order valence-corrected chi connectivity index (χ3v) is 3.42. The second-order valence-corrected chi connectivity index (χ2v) is 5.44. The standard InChI is InChI=1S/C18H20F2N4O.HI/c1-21-18(24(2)12-13-6-8-14(19)9-7-13)22-11-17(25)23-16-5-3-4-15(20)10-16;/h3-10H,11-12H2,1-2H3,(H,21,22)(H,23,25);1H. The Balaban J connectivity index is 0.00000338. The van der Waals surface area contributed by atoms with Crippen LogP contribution in [0.15, 0.2) is 53.5 Å². The lowest BCUT2D eigenvalue weighted by atomic mass is 10.2. The van der Waals surface area contributed by atoms with Crippen molar-refractivity contribution in [3.8, 4) is 0 Å². The minimum absolute atomic E-state index is 0. The molecule has 2 rings (SSSR count). The summed E-state index contributed by atoms with van der Waals surface area (Å²) in [5.74, 6) is -0.510. The van der Waals surface area contributed by atoms with Crippen LogP contribution < -0.4 is 10.6 Å². The van der Waals surface area contributed by atoms with Crippen LogP contribution in [0, 0.1) is 11.6 Å². The van der Waals surface area contributed by atoms with Crippen molar-refractivity contribution in [2.45, 2.75) is 6.54 Å². The number of nitrogens with one attached hydrogen (secondary N) is 2. The highest BCUT2D eigenvalue weighted by molar-refractivity contribution is 14.0. The number of carbonyl (C=O) groups excluding carboxylic acids is 1. The molecule has 0 spiro atoms. The molecule has 0 saturated carbocycles. The monoisotopic (exact) mass is 474 g/mol. The molecule has 2 aromatic carbocycles. The largest absolute Gasteiger partial charge is 0.347 e. The fourth-order valence-electron chi connectivity index (χ4n) is 2.25. The summed E-state index contributed by atoms with van der Waals surface area (Å²) in [6, 6.07) is 11.8. The van der Waals surface area contributed by atoms with Gasteiger partial charge in [0.2, 0.25) is 5.91 Å². The minimum Gasteiger partial charge on any atom is -0.347 e. The molecule has 0 aliphatic rings. The maximum atomic E-state index is 13.1. The molecule has 2 N–H and O–H groups in total. The van der Waals surface area contributed by atoms with Crippen molar-refractivity contribution < 1.29 is 13.6 Å². The first-order valence-corrected chi connectivity index (χ1v) is 7.69. The van der Waals surface area contributed by atoms with Crippen LogP contribution in [0.5, 0.6) is 0 Å². The Kier molecular flexibility index (Phi) is 8.97. The summed E-state index contributed by atoms with van der Waals surface area (Å²) in [5, 5.41) is 5.53. The lowest BCUT2D eigenvalue weighted by molar-refractivity contribution is -0.115. The predicted molar refractivity (Wildman–Crippen MR) is 110 cm³/mol. The number of aliphatic imine (C=N–C) groups is 1.